The van der Waals surface area contributed by atoms with Crippen molar-refractivity contribution in [3.8, 4) is 0 Å². The van der Waals surface area contributed by atoms with Crippen LogP contribution in [-0.4, -0.2) is 28.4 Å². The van der Waals surface area contributed by atoms with E-state index >= 15 is 0 Å². The molecule has 0 atom stereocenters. The van der Waals surface area contributed by atoms with E-state index < -0.39 is 15.1 Å². The SMILES string of the molecule is O=S(=O)([O-])c1ccnnn1.[Na+]. The average Bonchev–Trinajstić information content (AvgIpc) is 1.88. The van der Waals surface area contributed by atoms with Crippen molar-refractivity contribution in [1.82, 2.24) is 15.4 Å². The van der Waals surface area contributed by atoms with Crippen LogP contribution in [0.5, 0.6) is 0 Å². The second-order valence-electron chi connectivity index (χ2n) is 1.41. The first kappa shape index (κ1) is 10.9. The number of rotatable bonds is 1. The molecule has 0 bridgehead atoms. The van der Waals surface area contributed by atoms with Crippen LogP contribution in [0.3, 0.4) is 0 Å². The Bertz CT molecular complexity index is 312. The second kappa shape index (κ2) is 4.07. The largest absolute Gasteiger partial charge is 1.00 e. The summed E-state index contributed by atoms with van der Waals surface area (Å²) >= 11 is 0. The minimum atomic E-state index is -4.47. The Hall–Kier alpha value is -0.0800. The van der Waals surface area contributed by atoms with Crippen LogP contribution in [0.4, 0.5) is 0 Å². The van der Waals surface area contributed by atoms with Crippen molar-refractivity contribution in [2.24, 2.45) is 0 Å². The van der Waals surface area contributed by atoms with Gasteiger partial charge in [0.15, 0.2) is 5.03 Å². The number of nitrogens with zero attached hydrogens (tertiary/aromatic N) is 3. The third-order valence-corrected chi connectivity index (χ3v) is 1.46. The van der Waals surface area contributed by atoms with E-state index in [0.717, 1.165) is 12.3 Å². The summed E-state index contributed by atoms with van der Waals surface area (Å²) in [7, 11) is -4.47. The summed E-state index contributed by atoms with van der Waals surface area (Å²) in [5, 5.41) is 8.55. The summed E-state index contributed by atoms with van der Waals surface area (Å²) in [6.45, 7) is 0. The van der Waals surface area contributed by atoms with Crippen molar-refractivity contribution >= 4 is 10.1 Å². The Kier molecular flexibility index (Phi) is 4.04. The predicted molar refractivity (Wildman–Crippen MR) is 27.8 cm³/mol. The summed E-state index contributed by atoms with van der Waals surface area (Å²) in [5.74, 6) is 0. The van der Waals surface area contributed by atoms with Gasteiger partial charge in [0.1, 0.15) is 10.1 Å². The van der Waals surface area contributed by atoms with E-state index in [1.807, 2.05) is 0 Å². The molecule has 1 aromatic heterocycles. The van der Waals surface area contributed by atoms with Crippen LogP contribution >= 0.6 is 0 Å². The summed E-state index contributed by atoms with van der Waals surface area (Å²) in [6, 6.07) is 0.981. The average molecular weight is 183 g/mol. The summed E-state index contributed by atoms with van der Waals surface area (Å²) in [4.78, 5) is 0. The fraction of sp³-hybridized carbons (Fsp3) is 0. The van der Waals surface area contributed by atoms with Gasteiger partial charge in [-0.1, -0.05) is 0 Å². The zero-order valence-electron chi connectivity index (χ0n) is 5.63. The van der Waals surface area contributed by atoms with E-state index in [2.05, 4.69) is 15.4 Å². The zero-order valence-corrected chi connectivity index (χ0v) is 8.45. The molecule has 1 rings (SSSR count). The van der Waals surface area contributed by atoms with Crippen molar-refractivity contribution in [2.45, 2.75) is 5.03 Å². The Morgan fingerprint density at radius 1 is 1.45 bits per heavy atom. The number of hydrogen-bond donors (Lipinski definition) is 0. The van der Waals surface area contributed by atoms with E-state index in [4.69, 9.17) is 0 Å². The summed E-state index contributed by atoms with van der Waals surface area (Å²) in [6.07, 6.45) is 1.08. The molecule has 0 N–H and O–H groups in total. The molecule has 11 heavy (non-hydrogen) atoms. The zero-order chi connectivity index (χ0) is 7.61. The van der Waals surface area contributed by atoms with Gasteiger partial charge in [0.25, 0.3) is 0 Å². The van der Waals surface area contributed by atoms with Crippen molar-refractivity contribution < 1.29 is 42.5 Å². The van der Waals surface area contributed by atoms with Crippen LogP contribution in [0.2, 0.25) is 0 Å². The molecular weight excluding hydrogens is 181 g/mol. The fourth-order valence-corrected chi connectivity index (χ4v) is 0.728. The number of hydrogen-bond acceptors (Lipinski definition) is 6. The van der Waals surface area contributed by atoms with E-state index in [9.17, 15) is 13.0 Å². The van der Waals surface area contributed by atoms with Gasteiger partial charge >= 0.3 is 29.6 Å². The molecule has 0 unspecified atom stereocenters. The Morgan fingerprint density at radius 3 is 2.36 bits per heavy atom. The summed E-state index contributed by atoms with van der Waals surface area (Å²) in [5.41, 5.74) is 0. The maximum Gasteiger partial charge on any atom is 1.00 e. The molecule has 0 aliphatic heterocycles. The molecule has 54 valence electrons. The quantitative estimate of drug-likeness (QED) is 0.323. The van der Waals surface area contributed by atoms with E-state index in [1.165, 1.54) is 0 Å². The van der Waals surface area contributed by atoms with Crippen molar-refractivity contribution in [2.75, 3.05) is 0 Å². The molecule has 1 aromatic rings. The summed E-state index contributed by atoms with van der Waals surface area (Å²) < 4.78 is 30.4. The Balaban J connectivity index is 0.000001000. The van der Waals surface area contributed by atoms with Gasteiger partial charge in [0, 0.05) is 0 Å². The van der Waals surface area contributed by atoms with Crippen LogP contribution < -0.4 is 29.6 Å². The molecule has 0 saturated carbocycles. The first-order valence-electron chi connectivity index (χ1n) is 2.21. The molecule has 0 radical (unpaired) electrons. The van der Waals surface area contributed by atoms with Gasteiger partial charge < -0.3 is 4.55 Å². The monoisotopic (exact) mass is 183 g/mol. The molecule has 0 aliphatic carbocycles. The van der Waals surface area contributed by atoms with E-state index in [0.29, 0.717) is 0 Å². The van der Waals surface area contributed by atoms with Crippen LogP contribution in [-0.2, 0) is 10.1 Å². The molecule has 1 heterocycles. The molecule has 6 nitrogen and oxygen atoms in total. The van der Waals surface area contributed by atoms with Gasteiger partial charge in [-0.3, -0.25) is 0 Å². The minimum Gasteiger partial charge on any atom is -0.743 e. The van der Waals surface area contributed by atoms with Crippen LogP contribution in [0.25, 0.3) is 0 Å². The van der Waals surface area contributed by atoms with Crippen molar-refractivity contribution in [3.63, 3.8) is 0 Å². The van der Waals surface area contributed by atoms with Crippen molar-refractivity contribution in [1.29, 1.82) is 0 Å². The fourth-order valence-electron chi connectivity index (χ4n) is 0.363. The predicted octanol–water partition coefficient (Wildman–Crippen LogP) is -4.22. The van der Waals surface area contributed by atoms with Gasteiger partial charge in [-0.2, -0.15) is 0 Å². The first-order chi connectivity index (χ1) is 4.61. The minimum absolute atomic E-state index is 0. The van der Waals surface area contributed by atoms with Gasteiger partial charge in [-0.15, -0.1) is 10.2 Å². The third-order valence-electron chi connectivity index (χ3n) is 0.735. The standard InChI is InChI=1S/C3H3N3O3S.Na/c7-10(8,9)3-1-2-4-6-5-3;/h1-2H,(H,7,8,9);/q;+1/p-1. The van der Waals surface area contributed by atoms with Crippen LogP contribution in [0.1, 0.15) is 0 Å². The van der Waals surface area contributed by atoms with Gasteiger partial charge in [-0.05, 0) is 11.3 Å². The van der Waals surface area contributed by atoms with Crippen LogP contribution in [0.15, 0.2) is 17.3 Å². The van der Waals surface area contributed by atoms with Gasteiger partial charge in [-0.25, -0.2) is 8.42 Å². The number of aromatic nitrogens is 3. The molecule has 0 fully saturated rings. The molecule has 8 heteroatoms. The maximum absolute atomic E-state index is 10.1. The molecule has 0 aliphatic rings. The first-order valence-corrected chi connectivity index (χ1v) is 3.62. The van der Waals surface area contributed by atoms with Crippen molar-refractivity contribution in [3.05, 3.63) is 12.3 Å². The Morgan fingerprint density at radius 2 is 2.09 bits per heavy atom. The topological polar surface area (TPSA) is 95.9 Å². The molecule has 0 saturated heterocycles. The smallest absolute Gasteiger partial charge is 0.743 e. The Labute approximate surface area is 85.1 Å². The van der Waals surface area contributed by atoms with E-state index in [-0.39, 0.29) is 29.6 Å². The van der Waals surface area contributed by atoms with Gasteiger partial charge in [0.2, 0.25) is 0 Å². The van der Waals surface area contributed by atoms with E-state index in [1.54, 1.807) is 0 Å². The molecule has 0 amide bonds. The van der Waals surface area contributed by atoms with Gasteiger partial charge in [0.05, 0.1) is 6.20 Å². The maximum atomic E-state index is 10.1. The molecule has 0 spiro atoms. The van der Waals surface area contributed by atoms with Crippen LogP contribution in [0, 0.1) is 0 Å². The second-order valence-corrected chi connectivity index (χ2v) is 2.74. The molecule has 0 aromatic carbocycles. The molecular formula is C3H2N3NaO3S. The third kappa shape index (κ3) is 3.21. The normalized spacial score (nSPS) is 10.3.